The number of pyridine rings is 1. The van der Waals surface area contributed by atoms with Gasteiger partial charge in [0.05, 0.1) is 12.2 Å². The lowest BCUT2D eigenvalue weighted by atomic mass is 10.1. The van der Waals surface area contributed by atoms with Crippen LogP contribution >= 0.6 is 0 Å². The number of ether oxygens (including phenoxy) is 1. The summed E-state index contributed by atoms with van der Waals surface area (Å²) in [6.07, 6.45) is -1.32. The molecule has 1 atom stereocenters. The maximum atomic E-state index is 13.3. The Morgan fingerprint density at radius 1 is 1.39 bits per heavy atom. The number of hydrogen-bond donors (Lipinski definition) is 1. The summed E-state index contributed by atoms with van der Waals surface area (Å²) in [5.41, 5.74) is 1.76. The fourth-order valence-electron chi connectivity index (χ4n) is 2.55. The third-order valence-corrected chi connectivity index (χ3v) is 3.74. The van der Waals surface area contributed by atoms with Crippen LogP contribution in [0.2, 0.25) is 0 Å². The van der Waals surface area contributed by atoms with Crippen molar-refractivity contribution in [3.05, 3.63) is 59.2 Å². The van der Waals surface area contributed by atoms with Gasteiger partial charge in [0.25, 0.3) is 5.91 Å². The largest absolute Gasteiger partial charge is 0.491 e. The number of nitrogens with zero attached hydrogens (tertiary/aromatic N) is 2. The van der Waals surface area contributed by atoms with Gasteiger partial charge < -0.3 is 14.7 Å². The Hall–Kier alpha value is -2.47. The van der Waals surface area contributed by atoms with E-state index in [0.717, 1.165) is 5.69 Å². The van der Waals surface area contributed by atoms with Crippen LogP contribution < -0.4 is 4.74 Å². The Labute approximate surface area is 133 Å². The van der Waals surface area contributed by atoms with Gasteiger partial charge in [-0.2, -0.15) is 0 Å². The molecule has 5 nitrogen and oxygen atoms in total. The Morgan fingerprint density at radius 2 is 2.22 bits per heavy atom. The molecule has 2 aromatic rings. The average molecular weight is 316 g/mol. The molecule has 1 aromatic carbocycles. The van der Waals surface area contributed by atoms with Crippen LogP contribution in [-0.4, -0.2) is 34.0 Å². The number of aliphatic hydroxyl groups excluding tert-OH is 1. The Morgan fingerprint density at radius 3 is 3.00 bits per heavy atom. The van der Waals surface area contributed by atoms with E-state index in [1.54, 1.807) is 31.2 Å². The van der Waals surface area contributed by atoms with E-state index in [2.05, 4.69) is 4.98 Å². The quantitative estimate of drug-likeness (QED) is 0.920. The Bertz CT molecular complexity index is 736. The van der Waals surface area contributed by atoms with Gasteiger partial charge in [-0.3, -0.25) is 9.78 Å². The number of halogens is 1. The molecular formula is C17H17FN2O3. The summed E-state index contributed by atoms with van der Waals surface area (Å²) >= 11 is 0. The van der Waals surface area contributed by atoms with Crippen LogP contribution in [0.15, 0.2) is 36.4 Å². The standard InChI is InChI=1S/C17H17FN2O3/c1-11-3-2-4-14(19-11)16(21)17(22)20-7-8-23-15-9-13(18)6-5-12(15)10-20/h2-6,9,16,21H,7-8,10H2,1H3. The van der Waals surface area contributed by atoms with Crippen LogP contribution in [0.4, 0.5) is 4.39 Å². The number of aryl methyl sites for hydroxylation is 1. The maximum absolute atomic E-state index is 13.3. The van der Waals surface area contributed by atoms with Crippen molar-refractivity contribution in [3.8, 4) is 5.75 Å². The SMILES string of the molecule is Cc1cccc(C(O)C(=O)N2CCOc3cc(F)ccc3C2)n1. The Balaban J connectivity index is 1.81. The van der Waals surface area contributed by atoms with Gasteiger partial charge in [-0.15, -0.1) is 0 Å². The van der Waals surface area contributed by atoms with Crippen molar-refractivity contribution in [2.75, 3.05) is 13.2 Å². The zero-order valence-electron chi connectivity index (χ0n) is 12.7. The van der Waals surface area contributed by atoms with E-state index in [1.807, 2.05) is 0 Å². The van der Waals surface area contributed by atoms with Crippen molar-refractivity contribution in [3.63, 3.8) is 0 Å². The summed E-state index contributed by atoms with van der Waals surface area (Å²) in [5, 5.41) is 10.3. The average Bonchev–Trinajstić information content (AvgIpc) is 2.75. The summed E-state index contributed by atoms with van der Waals surface area (Å²) in [4.78, 5) is 18.2. The first-order valence-corrected chi connectivity index (χ1v) is 7.36. The van der Waals surface area contributed by atoms with E-state index in [1.165, 1.54) is 17.0 Å². The van der Waals surface area contributed by atoms with Crippen LogP contribution in [0.3, 0.4) is 0 Å². The number of aliphatic hydroxyl groups is 1. The van der Waals surface area contributed by atoms with Gasteiger partial charge in [-0.1, -0.05) is 12.1 Å². The second kappa shape index (κ2) is 6.34. The lowest BCUT2D eigenvalue weighted by Crippen LogP contribution is -2.36. The third kappa shape index (κ3) is 3.32. The van der Waals surface area contributed by atoms with Crippen LogP contribution in [-0.2, 0) is 11.3 Å². The molecule has 120 valence electrons. The summed E-state index contributed by atoms with van der Waals surface area (Å²) in [6.45, 7) is 2.62. The molecule has 0 spiro atoms. The van der Waals surface area contributed by atoms with Crippen LogP contribution in [0, 0.1) is 12.7 Å². The van der Waals surface area contributed by atoms with Crippen molar-refractivity contribution in [2.45, 2.75) is 19.6 Å². The second-order valence-corrected chi connectivity index (χ2v) is 5.47. The minimum Gasteiger partial charge on any atom is -0.491 e. The first-order valence-electron chi connectivity index (χ1n) is 7.36. The van der Waals surface area contributed by atoms with Gasteiger partial charge in [0, 0.05) is 23.9 Å². The molecule has 1 aliphatic rings. The zero-order chi connectivity index (χ0) is 16.4. The summed E-state index contributed by atoms with van der Waals surface area (Å²) in [6, 6.07) is 9.39. The normalized spacial score (nSPS) is 15.3. The van der Waals surface area contributed by atoms with Gasteiger partial charge >= 0.3 is 0 Å². The monoisotopic (exact) mass is 316 g/mol. The highest BCUT2D eigenvalue weighted by atomic mass is 19.1. The predicted octanol–water partition coefficient (Wildman–Crippen LogP) is 1.98. The number of carbonyl (C=O) groups excluding carboxylic acids is 1. The number of rotatable bonds is 2. The number of carbonyl (C=O) groups is 1. The van der Waals surface area contributed by atoms with Crippen molar-refractivity contribution in [1.29, 1.82) is 0 Å². The fourth-order valence-corrected chi connectivity index (χ4v) is 2.55. The van der Waals surface area contributed by atoms with Gasteiger partial charge in [0.1, 0.15) is 18.2 Å². The molecule has 1 unspecified atom stereocenters. The summed E-state index contributed by atoms with van der Waals surface area (Å²) in [7, 11) is 0. The number of fused-ring (bicyclic) bond motifs is 1. The van der Waals surface area contributed by atoms with E-state index in [9.17, 15) is 14.3 Å². The number of benzene rings is 1. The molecule has 0 radical (unpaired) electrons. The van der Waals surface area contributed by atoms with Crippen LogP contribution in [0.25, 0.3) is 0 Å². The molecule has 23 heavy (non-hydrogen) atoms. The summed E-state index contributed by atoms with van der Waals surface area (Å²) in [5.74, 6) is -0.389. The van der Waals surface area contributed by atoms with Crippen molar-refractivity contribution >= 4 is 5.91 Å². The van der Waals surface area contributed by atoms with Crippen LogP contribution in [0.1, 0.15) is 23.1 Å². The zero-order valence-corrected chi connectivity index (χ0v) is 12.7. The topological polar surface area (TPSA) is 62.7 Å². The first-order chi connectivity index (χ1) is 11.0. The van der Waals surface area contributed by atoms with E-state index < -0.39 is 12.0 Å². The molecule has 0 fully saturated rings. The highest BCUT2D eigenvalue weighted by molar-refractivity contribution is 5.81. The van der Waals surface area contributed by atoms with Crippen molar-refractivity contribution < 1.29 is 19.0 Å². The minimum atomic E-state index is -1.32. The van der Waals surface area contributed by atoms with Gasteiger partial charge in [-0.25, -0.2) is 4.39 Å². The molecule has 1 N–H and O–H groups in total. The van der Waals surface area contributed by atoms with Gasteiger partial charge in [0.15, 0.2) is 6.10 Å². The van der Waals surface area contributed by atoms with Crippen molar-refractivity contribution in [2.24, 2.45) is 0 Å². The fraction of sp³-hybridized carbons (Fsp3) is 0.294. The van der Waals surface area contributed by atoms with Gasteiger partial charge in [0.2, 0.25) is 0 Å². The molecule has 3 rings (SSSR count). The number of amides is 1. The van der Waals surface area contributed by atoms with Gasteiger partial charge in [-0.05, 0) is 25.1 Å². The highest BCUT2D eigenvalue weighted by Crippen LogP contribution is 2.25. The van der Waals surface area contributed by atoms with E-state index in [-0.39, 0.29) is 19.0 Å². The van der Waals surface area contributed by atoms with Crippen LogP contribution in [0.5, 0.6) is 5.75 Å². The smallest absolute Gasteiger partial charge is 0.258 e. The predicted molar refractivity (Wildman–Crippen MR) is 81.2 cm³/mol. The molecular weight excluding hydrogens is 299 g/mol. The molecule has 0 saturated carbocycles. The molecule has 1 aromatic heterocycles. The molecule has 6 heteroatoms. The van der Waals surface area contributed by atoms with E-state index in [0.29, 0.717) is 23.6 Å². The number of hydrogen-bond acceptors (Lipinski definition) is 4. The highest BCUT2D eigenvalue weighted by Gasteiger charge is 2.27. The number of aromatic nitrogens is 1. The molecule has 2 heterocycles. The Kier molecular flexibility index (Phi) is 4.25. The third-order valence-electron chi connectivity index (χ3n) is 3.74. The maximum Gasteiger partial charge on any atom is 0.258 e. The lowest BCUT2D eigenvalue weighted by molar-refractivity contribution is -0.141. The lowest BCUT2D eigenvalue weighted by Gasteiger charge is -2.22. The summed E-state index contributed by atoms with van der Waals surface area (Å²) < 4.78 is 18.7. The second-order valence-electron chi connectivity index (χ2n) is 5.47. The molecule has 1 aliphatic heterocycles. The first kappa shape index (κ1) is 15.4. The van der Waals surface area contributed by atoms with E-state index >= 15 is 0 Å². The van der Waals surface area contributed by atoms with Crippen molar-refractivity contribution in [1.82, 2.24) is 9.88 Å². The molecule has 0 bridgehead atoms. The van der Waals surface area contributed by atoms with E-state index in [4.69, 9.17) is 4.74 Å². The minimum absolute atomic E-state index is 0.246. The molecule has 0 aliphatic carbocycles. The molecule has 1 amide bonds. The molecule has 0 saturated heterocycles.